The predicted molar refractivity (Wildman–Crippen MR) is 95.1 cm³/mol. The van der Waals surface area contributed by atoms with Gasteiger partial charge in [-0.15, -0.1) is 12.4 Å². The Morgan fingerprint density at radius 2 is 2.33 bits per heavy atom. The van der Waals surface area contributed by atoms with Gasteiger partial charge in [0.2, 0.25) is 0 Å². The lowest BCUT2D eigenvalue weighted by Crippen LogP contribution is -2.35. The predicted octanol–water partition coefficient (Wildman–Crippen LogP) is 2.33. The lowest BCUT2D eigenvalue weighted by Gasteiger charge is -2.16. The van der Waals surface area contributed by atoms with Crippen LogP contribution in [0.2, 0.25) is 5.02 Å². The number of hydrogen-bond acceptors (Lipinski definition) is 4. The zero-order chi connectivity index (χ0) is 16.2. The average Bonchev–Trinajstić information content (AvgIpc) is 2.97. The van der Waals surface area contributed by atoms with Gasteiger partial charge in [0.1, 0.15) is 11.9 Å². The minimum Gasteiger partial charge on any atom is -0.489 e. The number of halogens is 2. The van der Waals surface area contributed by atoms with E-state index in [0.29, 0.717) is 29.6 Å². The van der Waals surface area contributed by atoms with Gasteiger partial charge in [0, 0.05) is 35.8 Å². The third kappa shape index (κ3) is 4.41. The molecule has 6 nitrogen and oxygen atoms in total. The van der Waals surface area contributed by atoms with E-state index in [1.165, 1.54) is 0 Å². The fourth-order valence-electron chi connectivity index (χ4n) is 2.55. The van der Waals surface area contributed by atoms with Crippen molar-refractivity contribution in [2.75, 3.05) is 13.1 Å². The average molecular weight is 371 g/mol. The molecule has 1 aromatic carbocycles. The lowest BCUT2D eigenvalue weighted by molar-refractivity contribution is 0.0926. The molecule has 0 radical (unpaired) electrons. The molecule has 0 bridgehead atoms. The molecule has 24 heavy (non-hydrogen) atoms. The first kappa shape index (κ1) is 18.6. The topological polar surface area (TPSA) is 79.0 Å². The maximum Gasteiger partial charge on any atom is 0.272 e. The molecule has 1 amide bonds. The number of ether oxygens (including phenoxy) is 1. The van der Waals surface area contributed by atoms with E-state index in [2.05, 4.69) is 20.8 Å². The van der Waals surface area contributed by atoms with Gasteiger partial charge in [-0.25, -0.2) is 0 Å². The smallest absolute Gasteiger partial charge is 0.272 e. The van der Waals surface area contributed by atoms with E-state index in [1.807, 2.05) is 19.1 Å². The summed E-state index contributed by atoms with van der Waals surface area (Å²) in [6.07, 6.45) is 0.689. The Hall–Kier alpha value is -1.76. The largest absolute Gasteiger partial charge is 0.489 e. The van der Waals surface area contributed by atoms with Crippen LogP contribution in [0, 0.1) is 0 Å². The Morgan fingerprint density at radius 1 is 1.50 bits per heavy atom. The fraction of sp³-hybridized carbons (Fsp3) is 0.375. The zero-order valence-corrected chi connectivity index (χ0v) is 14.8. The van der Waals surface area contributed by atoms with Crippen molar-refractivity contribution in [2.45, 2.75) is 26.0 Å². The molecule has 1 aliphatic rings. The van der Waals surface area contributed by atoms with Crippen LogP contribution in [0.25, 0.3) is 0 Å². The maximum atomic E-state index is 12.3. The number of carbonyl (C=O) groups excluding carboxylic acids is 1. The third-order valence-corrected chi connectivity index (χ3v) is 3.94. The molecule has 2 heterocycles. The molecule has 130 valence electrons. The Balaban J connectivity index is 0.00000208. The monoisotopic (exact) mass is 370 g/mol. The van der Waals surface area contributed by atoms with Gasteiger partial charge < -0.3 is 15.4 Å². The molecule has 1 unspecified atom stereocenters. The van der Waals surface area contributed by atoms with Crippen LogP contribution < -0.4 is 15.4 Å². The second-order valence-electron chi connectivity index (χ2n) is 5.55. The maximum absolute atomic E-state index is 12.3. The summed E-state index contributed by atoms with van der Waals surface area (Å²) in [5.41, 5.74) is 2.46. The molecule has 8 heteroatoms. The summed E-state index contributed by atoms with van der Waals surface area (Å²) in [7, 11) is 0. The van der Waals surface area contributed by atoms with Crippen molar-refractivity contribution in [3.8, 4) is 5.75 Å². The van der Waals surface area contributed by atoms with Crippen LogP contribution in [0.3, 0.4) is 0 Å². The number of fused-ring (bicyclic) bond motifs is 1. The number of nitrogens with zero attached hydrogens (tertiary/aromatic N) is 1. The molecule has 0 saturated heterocycles. The number of benzene rings is 1. The highest BCUT2D eigenvalue weighted by atomic mass is 35.5. The first-order chi connectivity index (χ1) is 11.1. The number of carbonyl (C=O) groups is 1. The number of amides is 1. The summed E-state index contributed by atoms with van der Waals surface area (Å²) in [6, 6.07) is 7.19. The fourth-order valence-corrected chi connectivity index (χ4v) is 2.73. The number of nitrogens with one attached hydrogen (secondary N) is 3. The Labute approximate surface area is 151 Å². The summed E-state index contributed by atoms with van der Waals surface area (Å²) in [4.78, 5) is 12.3. The van der Waals surface area contributed by atoms with Crippen LogP contribution in [-0.2, 0) is 13.0 Å². The lowest BCUT2D eigenvalue weighted by atomic mass is 10.1. The molecule has 0 saturated carbocycles. The van der Waals surface area contributed by atoms with E-state index >= 15 is 0 Å². The van der Waals surface area contributed by atoms with Gasteiger partial charge in [0.05, 0.1) is 6.54 Å². The normalized spacial score (nSPS) is 14.2. The summed E-state index contributed by atoms with van der Waals surface area (Å²) < 4.78 is 5.74. The van der Waals surface area contributed by atoms with Gasteiger partial charge in [-0.1, -0.05) is 17.7 Å². The molecule has 0 spiro atoms. The number of aromatic nitrogens is 2. The van der Waals surface area contributed by atoms with Crippen molar-refractivity contribution in [3.63, 3.8) is 0 Å². The summed E-state index contributed by atoms with van der Waals surface area (Å²) >= 11 is 5.92. The van der Waals surface area contributed by atoms with Crippen molar-refractivity contribution in [3.05, 3.63) is 46.2 Å². The minimum atomic E-state index is -0.187. The van der Waals surface area contributed by atoms with Crippen LogP contribution in [-0.4, -0.2) is 35.3 Å². The number of H-pyrrole nitrogens is 1. The first-order valence-corrected chi connectivity index (χ1v) is 7.98. The van der Waals surface area contributed by atoms with Crippen molar-refractivity contribution < 1.29 is 9.53 Å². The molecule has 3 N–H and O–H groups in total. The molecule has 0 fully saturated rings. The van der Waals surface area contributed by atoms with Gasteiger partial charge in [-0.3, -0.25) is 9.89 Å². The molecule has 1 aromatic heterocycles. The van der Waals surface area contributed by atoms with E-state index in [4.69, 9.17) is 16.3 Å². The highest BCUT2D eigenvalue weighted by Crippen LogP contribution is 2.18. The van der Waals surface area contributed by atoms with E-state index in [1.54, 1.807) is 12.1 Å². The number of hydrogen-bond donors (Lipinski definition) is 3. The molecular formula is C16H20Cl2N4O2. The highest BCUT2D eigenvalue weighted by Gasteiger charge is 2.21. The minimum absolute atomic E-state index is 0. The summed E-state index contributed by atoms with van der Waals surface area (Å²) in [6.45, 7) is 3.85. The van der Waals surface area contributed by atoms with Crippen LogP contribution in [0.4, 0.5) is 0 Å². The number of aromatic amines is 1. The molecule has 1 atom stereocenters. The quantitative estimate of drug-likeness (QED) is 0.754. The van der Waals surface area contributed by atoms with E-state index in [0.717, 1.165) is 24.2 Å². The Kier molecular flexibility index (Phi) is 6.48. The SMILES string of the molecule is CC(CNC(=O)c1n[nH]c2c1CNCC2)Oc1cccc(Cl)c1.Cl. The second-order valence-corrected chi connectivity index (χ2v) is 5.99. The van der Waals surface area contributed by atoms with Gasteiger partial charge >= 0.3 is 0 Å². The van der Waals surface area contributed by atoms with Crippen LogP contribution >= 0.6 is 24.0 Å². The van der Waals surface area contributed by atoms with Crippen LogP contribution in [0.1, 0.15) is 28.7 Å². The van der Waals surface area contributed by atoms with Crippen molar-refractivity contribution in [1.29, 1.82) is 0 Å². The van der Waals surface area contributed by atoms with Gasteiger partial charge in [0.25, 0.3) is 5.91 Å². The van der Waals surface area contributed by atoms with Crippen LogP contribution in [0.15, 0.2) is 24.3 Å². The van der Waals surface area contributed by atoms with Gasteiger partial charge in [-0.2, -0.15) is 5.10 Å². The zero-order valence-electron chi connectivity index (χ0n) is 13.3. The molecular weight excluding hydrogens is 351 g/mol. The van der Waals surface area contributed by atoms with Crippen molar-refractivity contribution in [1.82, 2.24) is 20.8 Å². The van der Waals surface area contributed by atoms with Gasteiger partial charge in [0.15, 0.2) is 5.69 Å². The number of rotatable bonds is 5. The standard InChI is InChI=1S/C16H19ClN4O2.ClH/c1-10(23-12-4-2-3-11(17)7-12)8-19-16(22)15-13-9-18-6-5-14(13)20-21-15;/h2-4,7,10,18H,5-6,8-9H2,1H3,(H,19,22)(H,20,21);1H. The van der Waals surface area contributed by atoms with Crippen molar-refractivity contribution >= 4 is 29.9 Å². The third-order valence-electron chi connectivity index (χ3n) is 3.70. The molecule has 0 aliphatic carbocycles. The highest BCUT2D eigenvalue weighted by molar-refractivity contribution is 6.30. The molecule has 2 aromatic rings. The van der Waals surface area contributed by atoms with E-state index < -0.39 is 0 Å². The van der Waals surface area contributed by atoms with E-state index in [-0.39, 0.29) is 24.4 Å². The summed E-state index contributed by atoms with van der Waals surface area (Å²) in [5.74, 6) is 0.494. The Bertz CT molecular complexity index is 705. The van der Waals surface area contributed by atoms with E-state index in [9.17, 15) is 4.79 Å². The molecule has 1 aliphatic heterocycles. The van der Waals surface area contributed by atoms with Gasteiger partial charge in [-0.05, 0) is 25.1 Å². The first-order valence-electron chi connectivity index (χ1n) is 7.60. The second kappa shape index (κ2) is 8.37. The molecule has 3 rings (SSSR count). The summed E-state index contributed by atoms with van der Waals surface area (Å²) in [5, 5.41) is 13.8. The van der Waals surface area contributed by atoms with Crippen LogP contribution in [0.5, 0.6) is 5.75 Å². The Morgan fingerprint density at radius 3 is 3.12 bits per heavy atom. The van der Waals surface area contributed by atoms with Crippen molar-refractivity contribution in [2.24, 2.45) is 0 Å².